The summed E-state index contributed by atoms with van der Waals surface area (Å²) in [6, 6.07) is 33.7. The number of anilines is 1. The monoisotopic (exact) mass is 450 g/mol. The zero-order chi connectivity index (χ0) is 23.8. The number of primary amides is 1. The molecule has 0 aliphatic carbocycles. The van der Waals surface area contributed by atoms with Crippen LogP contribution in [0.1, 0.15) is 27.4 Å². The van der Waals surface area contributed by atoms with Crippen molar-refractivity contribution in [1.82, 2.24) is 0 Å². The molecule has 5 heteroatoms. The summed E-state index contributed by atoms with van der Waals surface area (Å²) < 4.78 is 6.16. The Morgan fingerprint density at radius 2 is 1.38 bits per heavy atom. The fraction of sp³-hybridized carbons (Fsp3) is 0.103. The van der Waals surface area contributed by atoms with Crippen LogP contribution in [0, 0.1) is 0 Å². The summed E-state index contributed by atoms with van der Waals surface area (Å²) in [4.78, 5) is 25.8. The van der Waals surface area contributed by atoms with Gasteiger partial charge in [0.1, 0.15) is 11.5 Å². The molecule has 0 aliphatic rings. The van der Waals surface area contributed by atoms with Gasteiger partial charge in [-0.2, -0.15) is 0 Å². The second-order valence-corrected chi connectivity index (χ2v) is 7.93. The molecule has 1 amide bonds. The molecule has 0 bridgehead atoms. The third-order valence-electron chi connectivity index (χ3n) is 5.56. The maximum Gasteiger partial charge on any atom is 0.252 e. The second-order valence-electron chi connectivity index (χ2n) is 7.93. The Morgan fingerprint density at radius 3 is 2.03 bits per heavy atom. The molecule has 5 nitrogen and oxygen atoms in total. The van der Waals surface area contributed by atoms with Crippen molar-refractivity contribution >= 4 is 17.4 Å². The third kappa shape index (κ3) is 5.70. The quantitative estimate of drug-likeness (QED) is 0.330. The highest BCUT2D eigenvalue weighted by Crippen LogP contribution is 2.36. The minimum Gasteiger partial charge on any atom is -0.456 e. The number of hydrogen-bond acceptors (Lipinski definition) is 4. The van der Waals surface area contributed by atoms with Crippen molar-refractivity contribution in [3.05, 3.63) is 126 Å². The topological polar surface area (TPSA) is 81.4 Å². The third-order valence-corrected chi connectivity index (χ3v) is 5.56. The van der Waals surface area contributed by atoms with Gasteiger partial charge < -0.3 is 15.8 Å². The zero-order valence-corrected chi connectivity index (χ0v) is 18.7. The van der Waals surface area contributed by atoms with Crippen molar-refractivity contribution < 1.29 is 14.3 Å². The van der Waals surface area contributed by atoms with E-state index in [1.54, 1.807) is 24.3 Å². The highest BCUT2D eigenvalue weighted by atomic mass is 16.5. The summed E-state index contributed by atoms with van der Waals surface area (Å²) in [5, 5.41) is 3.20. The van der Waals surface area contributed by atoms with Gasteiger partial charge in [0.15, 0.2) is 5.78 Å². The van der Waals surface area contributed by atoms with Gasteiger partial charge in [-0.1, -0.05) is 78.9 Å². The van der Waals surface area contributed by atoms with Crippen LogP contribution < -0.4 is 15.8 Å². The van der Waals surface area contributed by atoms with Crippen LogP contribution in [0.5, 0.6) is 11.5 Å². The molecule has 0 aromatic heterocycles. The molecule has 170 valence electrons. The molecule has 1 atom stereocenters. The summed E-state index contributed by atoms with van der Waals surface area (Å²) in [6.07, 6.45) is 0.462. The Bertz CT molecular complexity index is 1240. The lowest BCUT2D eigenvalue weighted by atomic mass is 9.86. The lowest BCUT2D eigenvalue weighted by Gasteiger charge is -2.22. The largest absolute Gasteiger partial charge is 0.456 e. The molecule has 0 saturated heterocycles. The highest BCUT2D eigenvalue weighted by molar-refractivity contribution is 5.98. The van der Waals surface area contributed by atoms with Crippen molar-refractivity contribution in [3.8, 4) is 11.5 Å². The van der Waals surface area contributed by atoms with Crippen molar-refractivity contribution in [3.63, 3.8) is 0 Å². The van der Waals surface area contributed by atoms with E-state index in [0.29, 0.717) is 23.5 Å². The first-order valence-electron chi connectivity index (χ1n) is 11.1. The highest BCUT2D eigenvalue weighted by Gasteiger charge is 2.27. The van der Waals surface area contributed by atoms with Crippen LogP contribution in [-0.2, 0) is 11.2 Å². The van der Waals surface area contributed by atoms with Crippen molar-refractivity contribution in [1.29, 1.82) is 0 Å². The fourth-order valence-corrected chi connectivity index (χ4v) is 3.86. The Morgan fingerprint density at radius 1 is 0.765 bits per heavy atom. The zero-order valence-electron chi connectivity index (χ0n) is 18.7. The van der Waals surface area contributed by atoms with Crippen molar-refractivity contribution in [2.24, 2.45) is 5.73 Å². The summed E-state index contributed by atoms with van der Waals surface area (Å²) in [5.74, 6) is -0.300. The van der Waals surface area contributed by atoms with E-state index in [1.165, 1.54) is 0 Å². The van der Waals surface area contributed by atoms with Crippen LogP contribution in [0.3, 0.4) is 0 Å². The van der Waals surface area contributed by atoms with E-state index in [9.17, 15) is 9.59 Å². The minimum atomic E-state index is -0.610. The molecule has 4 rings (SSSR count). The van der Waals surface area contributed by atoms with Gasteiger partial charge in [0, 0.05) is 11.3 Å². The maximum atomic E-state index is 13.6. The molecule has 4 aromatic carbocycles. The van der Waals surface area contributed by atoms with E-state index in [-0.39, 0.29) is 17.9 Å². The number of rotatable bonds is 10. The summed E-state index contributed by atoms with van der Waals surface area (Å²) in [7, 11) is 0. The Kier molecular flexibility index (Phi) is 7.35. The number of Topliss-reactive ketones (excluding diaryl/α,β-unsaturated/α-hetero) is 1. The summed E-state index contributed by atoms with van der Waals surface area (Å²) >= 11 is 0. The van der Waals surface area contributed by atoms with E-state index in [2.05, 4.69) is 5.32 Å². The smallest absolute Gasteiger partial charge is 0.252 e. The molecule has 3 N–H and O–H groups in total. The number of ketones is 1. The summed E-state index contributed by atoms with van der Waals surface area (Å²) in [6.45, 7) is 0.132. The van der Waals surface area contributed by atoms with E-state index >= 15 is 0 Å². The fourth-order valence-electron chi connectivity index (χ4n) is 3.86. The average Bonchev–Trinajstić information content (AvgIpc) is 2.88. The van der Waals surface area contributed by atoms with Gasteiger partial charge >= 0.3 is 0 Å². The molecule has 0 aliphatic heterocycles. The molecule has 0 spiro atoms. The number of ether oxygens (including phenoxy) is 1. The summed E-state index contributed by atoms with van der Waals surface area (Å²) in [5.41, 5.74) is 8.42. The van der Waals surface area contributed by atoms with Crippen LogP contribution >= 0.6 is 0 Å². The Labute approximate surface area is 199 Å². The molecule has 0 heterocycles. The number of hydrogen-bond donors (Lipinski definition) is 2. The van der Waals surface area contributed by atoms with Gasteiger partial charge in [0.25, 0.3) is 5.91 Å². The first-order chi connectivity index (χ1) is 16.6. The molecular weight excluding hydrogens is 424 g/mol. The van der Waals surface area contributed by atoms with Crippen molar-refractivity contribution in [2.75, 3.05) is 11.9 Å². The number of carbonyl (C=O) groups excluding carboxylic acids is 2. The van der Waals surface area contributed by atoms with Gasteiger partial charge in [0.05, 0.1) is 18.0 Å². The molecule has 0 unspecified atom stereocenters. The van der Waals surface area contributed by atoms with Crippen LogP contribution in [0.15, 0.2) is 109 Å². The van der Waals surface area contributed by atoms with E-state index in [0.717, 1.165) is 11.3 Å². The standard InChI is InChI=1S/C29H26N2O3/c30-29(33)25-18-10-17-24(28(25)34-23-15-8-3-9-16-23)26(19-21-11-4-1-5-12-21)27(32)20-31-22-13-6-2-7-14-22/h1-18,26,31H,19-20H2,(H2,30,33)/t26-/m0/s1. The first-order valence-corrected chi connectivity index (χ1v) is 11.1. The predicted octanol–water partition coefficient (Wildman–Crippen LogP) is 5.59. The minimum absolute atomic E-state index is 0.0211. The van der Waals surface area contributed by atoms with Gasteiger partial charge in [-0.25, -0.2) is 0 Å². The molecular formula is C29H26N2O3. The molecule has 0 radical (unpaired) electrons. The van der Waals surface area contributed by atoms with E-state index in [4.69, 9.17) is 10.5 Å². The number of nitrogens with two attached hydrogens (primary N) is 1. The predicted molar refractivity (Wildman–Crippen MR) is 134 cm³/mol. The number of amides is 1. The average molecular weight is 451 g/mol. The number of para-hydroxylation sites is 3. The van der Waals surface area contributed by atoms with Gasteiger partial charge in [-0.15, -0.1) is 0 Å². The van der Waals surface area contributed by atoms with Gasteiger partial charge in [-0.05, 0) is 42.3 Å². The second kappa shape index (κ2) is 11.0. The van der Waals surface area contributed by atoms with Crippen LogP contribution in [-0.4, -0.2) is 18.2 Å². The lowest BCUT2D eigenvalue weighted by molar-refractivity contribution is -0.118. The normalized spacial score (nSPS) is 11.4. The van der Waals surface area contributed by atoms with Gasteiger partial charge in [0.2, 0.25) is 0 Å². The van der Waals surface area contributed by atoms with Crippen LogP contribution in [0.2, 0.25) is 0 Å². The molecule has 4 aromatic rings. The molecule has 34 heavy (non-hydrogen) atoms. The van der Waals surface area contributed by atoms with Gasteiger partial charge in [-0.3, -0.25) is 9.59 Å². The maximum absolute atomic E-state index is 13.6. The van der Waals surface area contributed by atoms with Crippen molar-refractivity contribution in [2.45, 2.75) is 12.3 Å². The Hall–Kier alpha value is -4.38. The number of benzene rings is 4. The first kappa shape index (κ1) is 22.8. The van der Waals surface area contributed by atoms with E-state index < -0.39 is 11.8 Å². The molecule has 0 saturated carbocycles. The van der Waals surface area contributed by atoms with Crippen LogP contribution in [0.4, 0.5) is 5.69 Å². The number of nitrogens with one attached hydrogen (secondary N) is 1. The Balaban J connectivity index is 1.73. The van der Waals surface area contributed by atoms with Crippen LogP contribution in [0.25, 0.3) is 0 Å². The lowest BCUT2D eigenvalue weighted by Crippen LogP contribution is -2.24. The number of carbonyl (C=O) groups is 2. The van der Waals surface area contributed by atoms with E-state index in [1.807, 2.05) is 84.9 Å². The molecule has 0 fully saturated rings. The SMILES string of the molecule is NC(=O)c1cccc([C@H](Cc2ccccc2)C(=O)CNc2ccccc2)c1Oc1ccccc1.